The van der Waals surface area contributed by atoms with Crippen LogP contribution in [-0.2, 0) is 9.59 Å². The van der Waals surface area contributed by atoms with Gasteiger partial charge < -0.3 is 10.2 Å². The minimum Gasteiger partial charge on any atom is -0.326 e. The van der Waals surface area contributed by atoms with E-state index in [2.05, 4.69) is 11.4 Å². The van der Waals surface area contributed by atoms with Crippen LogP contribution in [0.2, 0.25) is 0 Å². The first-order valence-electron chi connectivity index (χ1n) is 8.19. The van der Waals surface area contributed by atoms with Crippen molar-refractivity contribution in [3.05, 3.63) is 59.2 Å². The number of anilines is 2. The quantitative estimate of drug-likeness (QED) is 0.935. The molecule has 0 spiro atoms. The first-order chi connectivity index (χ1) is 11.4. The summed E-state index contributed by atoms with van der Waals surface area (Å²) in [6, 6.07) is 13.8. The smallest absolute Gasteiger partial charge is 0.225 e. The zero-order chi connectivity index (χ0) is 17.3. The van der Waals surface area contributed by atoms with E-state index in [0.29, 0.717) is 13.0 Å². The van der Waals surface area contributed by atoms with Crippen molar-refractivity contribution in [3.8, 4) is 0 Å². The van der Waals surface area contributed by atoms with E-state index in [4.69, 9.17) is 0 Å². The lowest BCUT2D eigenvalue weighted by Crippen LogP contribution is -2.28. The van der Waals surface area contributed by atoms with Crippen LogP contribution in [0.15, 0.2) is 42.5 Å². The summed E-state index contributed by atoms with van der Waals surface area (Å²) in [5.74, 6) is 0.0286. The number of nitrogens with one attached hydrogen (secondary N) is 1. The molecule has 0 aromatic heterocycles. The zero-order valence-electron chi connectivity index (χ0n) is 14.3. The summed E-state index contributed by atoms with van der Waals surface area (Å²) in [5.41, 5.74) is 5.07. The largest absolute Gasteiger partial charge is 0.326 e. The molecule has 1 unspecified atom stereocenters. The van der Waals surface area contributed by atoms with Crippen LogP contribution in [0.1, 0.15) is 36.0 Å². The Morgan fingerprint density at radius 1 is 1.12 bits per heavy atom. The fourth-order valence-corrected chi connectivity index (χ4v) is 3.45. The van der Waals surface area contributed by atoms with Crippen molar-refractivity contribution in [3.63, 3.8) is 0 Å². The second kappa shape index (κ2) is 6.48. The molecule has 0 radical (unpaired) electrons. The molecule has 1 heterocycles. The number of carbonyl (C=O) groups excluding carboxylic acids is 2. The molecule has 0 aliphatic carbocycles. The Morgan fingerprint density at radius 2 is 1.79 bits per heavy atom. The Morgan fingerprint density at radius 3 is 2.46 bits per heavy atom. The van der Waals surface area contributed by atoms with Gasteiger partial charge in [0.1, 0.15) is 0 Å². The number of hydrogen-bond acceptors (Lipinski definition) is 2. The Kier molecular flexibility index (Phi) is 4.38. The van der Waals surface area contributed by atoms with Crippen LogP contribution in [0.5, 0.6) is 0 Å². The van der Waals surface area contributed by atoms with Crippen molar-refractivity contribution in [1.29, 1.82) is 0 Å². The van der Waals surface area contributed by atoms with Crippen molar-refractivity contribution in [2.24, 2.45) is 0 Å². The third-order valence-electron chi connectivity index (χ3n) is 4.39. The van der Waals surface area contributed by atoms with Gasteiger partial charge in [-0.1, -0.05) is 24.3 Å². The second-order valence-electron chi connectivity index (χ2n) is 6.51. The molecular weight excluding hydrogens is 300 g/mol. The van der Waals surface area contributed by atoms with Gasteiger partial charge in [-0.15, -0.1) is 0 Å². The summed E-state index contributed by atoms with van der Waals surface area (Å²) in [4.78, 5) is 26.0. The average molecular weight is 322 g/mol. The van der Waals surface area contributed by atoms with Crippen LogP contribution < -0.4 is 10.2 Å². The van der Waals surface area contributed by atoms with Gasteiger partial charge in [-0.25, -0.2) is 0 Å². The summed E-state index contributed by atoms with van der Waals surface area (Å²) < 4.78 is 0. The first-order valence-corrected chi connectivity index (χ1v) is 8.19. The number of fused-ring (bicyclic) bond motifs is 1. The lowest BCUT2D eigenvalue weighted by Gasteiger charge is -2.15. The molecule has 3 rings (SSSR count). The molecule has 4 nitrogen and oxygen atoms in total. The minimum absolute atomic E-state index is 0.0136. The third-order valence-corrected chi connectivity index (χ3v) is 4.39. The van der Waals surface area contributed by atoms with E-state index in [1.165, 1.54) is 0 Å². The van der Waals surface area contributed by atoms with E-state index in [1.807, 2.05) is 50.2 Å². The van der Waals surface area contributed by atoms with Crippen LogP contribution in [-0.4, -0.2) is 18.4 Å². The zero-order valence-corrected chi connectivity index (χ0v) is 14.3. The summed E-state index contributed by atoms with van der Waals surface area (Å²) >= 11 is 0. The van der Waals surface area contributed by atoms with Crippen LogP contribution in [0.4, 0.5) is 11.4 Å². The number of hydrogen-bond donors (Lipinski definition) is 1. The maximum absolute atomic E-state index is 12.5. The Bertz CT molecular complexity index is 778. The molecule has 2 aromatic rings. The molecule has 24 heavy (non-hydrogen) atoms. The minimum atomic E-state index is -0.0230. The standard InChI is InChI=1S/C20H22N2O2/c1-13-8-14(2)10-17(9-13)21-20(24)11-16-12-22(15(3)23)19-7-5-4-6-18(16)19/h4-10,16H,11-12H2,1-3H3,(H,21,24). The molecule has 0 saturated carbocycles. The number of carbonyl (C=O) groups is 2. The van der Waals surface area contributed by atoms with Crippen LogP contribution in [0.3, 0.4) is 0 Å². The predicted molar refractivity (Wildman–Crippen MR) is 96.4 cm³/mol. The van der Waals surface area contributed by atoms with Gasteiger partial charge in [0.05, 0.1) is 0 Å². The van der Waals surface area contributed by atoms with Gasteiger partial charge in [-0.3, -0.25) is 9.59 Å². The summed E-state index contributed by atoms with van der Waals surface area (Å²) in [5, 5.41) is 2.98. The van der Waals surface area contributed by atoms with E-state index >= 15 is 0 Å². The number of benzene rings is 2. The molecule has 1 atom stereocenters. The molecule has 4 heteroatoms. The van der Waals surface area contributed by atoms with Gasteiger partial charge in [0.25, 0.3) is 0 Å². The van der Waals surface area contributed by atoms with E-state index in [0.717, 1.165) is 28.1 Å². The van der Waals surface area contributed by atoms with Gasteiger partial charge in [-0.05, 0) is 48.7 Å². The van der Waals surface area contributed by atoms with Crippen LogP contribution in [0, 0.1) is 13.8 Å². The summed E-state index contributed by atoms with van der Waals surface area (Å²) in [6.07, 6.45) is 0.369. The Balaban J connectivity index is 1.74. The highest BCUT2D eigenvalue weighted by atomic mass is 16.2. The molecule has 124 valence electrons. The predicted octanol–water partition coefficient (Wildman–Crippen LogP) is 3.78. The Hall–Kier alpha value is -2.62. The van der Waals surface area contributed by atoms with Gasteiger partial charge >= 0.3 is 0 Å². The SMILES string of the molecule is CC(=O)N1CC(CC(=O)Nc2cc(C)cc(C)c2)c2ccccc21. The summed E-state index contributed by atoms with van der Waals surface area (Å²) in [6.45, 7) is 6.16. The number of para-hydroxylation sites is 1. The number of aryl methyl sites for hydroxylation is 2. The van der Waals surface area contributed by atoms with Gasteiger partial charge in [-0.2, -0.15) is 0 Å². The molecule has 0 bridgehead atoms. The van der Waals surface area contributed by atoms with E-state index in [-0.39, 0.29) is 17.7 Å². The maximum atomic E-state index is 12.5. The van der Waals surface area contributed by atoms with E-state index < -0.39 is 0 Å². The fourth-order valence-electron chi connectivity index (χ4n) is 3.45. The van der Waals surface area contributed by atoms with Gasteiger partial charge in [0.15, 0.2) is 0 Å². The normalized spacial score (nSPS) is 16.0. The molecule has 0 saturated heterocycles. The molecule has 0 fully saturated rings. The van der Waals surface area contributed by atoms with Crippen molar-refractivity contribution < 1.29 is 9.59 Å². The number of rotatable bonds is 3. The number of nitrogens with zero attached hydrogens (tertiary/aromatic N) is 1. The molecule has 1 aliphatic rings. The molecule has 1 aliphatic heterocycles. The molecule has 2 amide bonds. The molecule has 2 aromatic carbocycles. The molecule has 1 N–H and O–H groups in total. The van der Waals surface area contributed by atoms with E-state index in [9.17, 15) is 9.59 Å². The second-order valence-corrected chi connectivity index (χ2v) is 6.51. The monoisotopic (exact) mass is 322 g/mol. The highest BCUT2D eigenvalue weighted by molar-refractivity contribution is 5.96. The average Bonchev–Trinajstić information content (AvgIpc) is 2.85. The van der Waals surface area contributed by atoms with Crippen LogP contribution in [0.25, 0.3) is 0 Å². The first kappa shape index (κ1) is 16.2. The Labute approximate surface area is 142 Å². The molecular formula is C20H22N2O2. The van der Waals surface area contributed by atoms with Gasteiger partial charge in [0, 0.05) is 37.2 Å². The lowest BCUT2D eigenvalue weighted by atomic mass is 9.97. The van der Waals surface area contributed by atoms with Crippen molar-refractivity contribution in [2.45, 2.75) is 33.1 Å². The van der Waals surface area contributed by atoms with Crippen molar-refractivity contribution in [1.82, 2.24) is 0 Å². The van der Waals surface area contributed by atoms with E-state index in [1.54, 1.807) is 11.8 Å². The third kappa shape index (κ3) is 3.32. The highest BCUT2D eigenvalue weighted by Crippen LogP contribution is 2.38. The fraction of sp³-hybridized carbons (Fsp3) is 0.300. The summed E-state index contributed by atoms with van der Waals surface area (Å²) in [7, 11) is 0. The maximum Gasteiger partial charge on any atom is 0.225 e. The highest BCUT2D eigenvalue weighted by Gasteiger charge is 2.31. The van der Waals surface area contributed by atoms with Crippen molar-refractivity contribution >= 4 is 23.2 Å². The van der Waals surface area contributed by atoms with Crippen molar-refractivity contribution in [2.75, 3.05) is 16.8 Å². The number of amides is 2. The lowest BCUT2D eigenvalue weighted by molar-refractivity contribution is -0.118. The van der Waals surface area contributed by atoms with Gasteiger partial charge in [0.2, 0.25) is 11.8 Å². The van der Waals surface area contributed by atoms with Crippen LogP contribution >= 0.6 is 0 Å². The topological polar surface area (TPSA) is 49.4 Å².